The number of hydrogen-bond donors (Lipinski definition) is 2. The van der Waals surface area contributed by atoms with Gasteiger partial charge in [0.25, 0.3) is 0 Å². The van der Waals surface area contributed by atoms with E-state index in [4.69, 9.17) is 5.73 Å². The Hall–Kier alpha value is -0.780. The first kappa shape index (κ1) is 18.3. The van der Waals surface area contributed by atoms with Crippen LogP contribution in [0.15, 0.2) is 29.2 Å². The van der Waals surface area contributed by atoms with Crippen molar-refractivity contribution in [3.05, 3.63) is 30.1 Å². The van der Waals surface area contributed by atoms with Crippen LogP contribution in [0.1, 0.15) is 26.2 Å². The molecule has 0 bridgehead atoms. The molecule has 3 N–H and O–H groups in total. The monoisotopic (exact) mass is 332 g/mol. The molecule has 1 aromatic rings. The van der Waals surface area contributed by atoms with Gasteiger partial charge in [-0.1, -0.05) is 0 Å². The predicted molar refractivity (Wildman–Crippen MR) is 87.3 cm³/mol. The molecule has 1 fully saturated rings. The molecule has 1 amide bonds. The van der Waals surface area contributed by atoms with Gasteiger partial charge in [-0.05, 0) is 49.9 Å². The Morgan fingerprint density at radius 1 is 1.43 bits per heavy atom. The highest BCUT2D eigenvalue weighted by Gasteiger charge is 2.41. The van der Waals surface area contributed by atoms with E-state index in [1.54, 1.807) is 23.9 Å². The standard InChI is InChI=1S/C15H21FN2OS.ClH/c1-15(10-17,11-2-3-11)18-14(19)8-9-20-13-6-4-12(16)5-7-13;/h4-7,11H,2-3,8-10,17H2,1H3,(H,18,19);1H. The molecule has 0 radical (unpaired) electrons. The number of benzene rings is 1. The lowest BCUT2D eigenvalue weighted by Crippen LogP contribution is -2.53. The first-order chi connectivity index (χ1) is 9.53. The molecule has 0 aliphatic heterocycles. The largest absolute Gasteiger partial charge is 0.349 e. The van der Waals surface area contributed by atoms with Crippen molar-refractivity contribution in [3.63, 3.8) is 0 Å². The average Bonchev–Trinajstić information content (AvgIpc) is 3.25. The highest BCUT2D eigenvalue weighted by atomic mass is 35.5. The molecule has 1 atom stereocenters. The fourth-order valence-corrected chi connectivity index (χ4v) is 3.07. The minimum absolute atomic E-state index is 0. The van der Waals surface area contributed by atoms with Gasteiger partial charge in [-0.15, -0.1) is 24.2 Å². The summed E-state index contributed by atoms with van der Waals surface area (Å²) in [5.74, 6) is 1.01. The Kier molecular flexibility index (Phi) is 6.97. The molecule has 0 heterocycles. The van der Waals surface area contributed by atoms with Gasteiger partial charge >= 0.3 is 0 Å². The fraction of sp³-hybridized carbons (Fsp3) is 0.533. The van der Waals surface area contributed by atoms with Crippen molar-refractivity contribution < 1.29 is 9.18 Å². The fourth-order valence-electron chi connectivity index (χ4n) is 2.21. The summed E-state index contributed by atoms with van der Waals surface area (Å²) in [4.78, 5) is 12.9. The van der Waals surface area contributed by atoms with Crippen molar-refractivity contribution in [2.24, 2.45) is 11.7 Å². The average molecular weight is 333 g/mol. The highest BCUT2D eigenvalue weighted by Crippen LogP contribution is 2.39. The van der Waals surface area contributed by atoms with Crippen LogP contribution in [0.5, 0.6) is 0 Å². The number of amides is 1. The van der Waals surface area contributed by atoms with Crippen LogP contribution in [-0.2, 0) is 4.79 Å². The maximum atomic E-state index is 12.8. The van der Waals surface area contributed by atoms with Crippen molar-refractivity contribution >= 4 is 30.1 Å². The van der Waals surface area contributed by atoms with Gasteiger partial charge < -0.3 is 11.1 Å². The molecule has 118 valence electrons. The Morgan fingerprint density at radius 3 is 2.57 bits per heavy atom. The molecule has 3 nitrogen and oxygen atoms in total. The van der Waals surface area contributed by atoms with Gasteiger partial charge in [0.15, 0.2) is 0 Å². The first-order valence-electron chi connectivity index (χ1n) is 6.93. The second kappa shape index (κ2) is 8.01. The van der Waals surface area contributed by atoms with Crippen LogP contribution >= 0.6 is 24.2 Å². The second-order valence-electron chi connectivity index (χ2n) is 5.50. The van der Waals surface area contributed by atoms with Crippen LogP contribution in [-0.4, -0.2) is 23.7 Å². The van der Waals surface area contributed by atoms with E-state index in [1.807, 2.05) is 6.92 Å². The number of thioether (sulfide) groups is 1. The van der Waals surface area contributed by atoms with Gasteiger partial charge in [-0.25, -0.2) is 4.39 Å². The molecule has 1 aliphatic rings. The zero-order valence-corrected chi connectivity index (χ0v) is 13.7. The maximum absolute atomic E-state index is 12.8. The minimum atomic E-state index is -0.252. The zero-order chi connectivity index (χ0) is 14.6. The SMILES string of the molecule is CC(CN)(NC(=O)CCSc1ccc(F)cc1)C1CC1.Cl. The molecule has 2 rings (SSSR count). The van der Waals surface area contributed by atoms with Crippen molar-refractivity contribution in [2.75, 3.05) is 12.3 Å². The quantitative estimate of drug-likeness (QED) is 0.755. The molecule has 1 aliphatic carbocycles. The lowest BCUT2D eigenvalue weighted by molar-refractivity contribution is -0.122. The first-order valence-corrected chi connectivity index (χ1v) is 7.91. The van der Waals surface area contributed by atoms with Crippen LogP contribution in [0.25, 0.3) is 0 Å². The van der Waals surface area contributed by atoms with Gasteiger partial charge in [0.1, 0.15) is 5.82 Å². The summed E-state index contributed by atoms with van der Waals surface area (Å²) < 4.78 is 12.8. The van der Waals surface area contributed by atoms with E-state index in [0.29, 0.717) is 24.6 Å². The van der Waals surface area contributed by atoms with Crippen molar-refractivity contribution in [1.82, 2.24) is 5.32 Å². The van der Waals surface area contributed by atoms with E-state index in [1.165, 1.54) is 12.1 Å². The molecule has 0 saturated heterocycles. The normalized spacial score (nSPS) is 16.7. The summed E-state index contributed by atoms with van der Waals surface area (Å²) in [5.41, 5.74) is 5.52. The third-order valence-corrected chi connectivity index (χ3v) is 4.75. The number of carbonyl (C=O) groups is 1. The molecule has 1 saturated carbocycles. The summed E-state index contributed by atoms with van der Waals surface area (Å²) >= 11 is 1.56. The third kappa shape index (κ3) is 5.49. The topological polar surface area (TPSA) is 55.1 Å². The smallest absolute Gasteiger partial charge is 0.221 e. The molecular weight excluding hydrogens is 311 g/mol. The van der Waals surface area contributed by atoms with Crippen molar-refractivity contribution in [3.8, 4) is 0 Å². The molecule has 1 unspecified atom stereocenters. The Bertz CT molecular complexity index is 467. The number of nitrogens with two attached hydrogens (primary N) is 1. The molecule has 0 aromatic heterocycles. The highest BCUT2D eigenvalue weighted by molar-refractivity contribution is 7.99. The number of rotatable bonds is 7. The molecule has 1 aromatic carbocycles. The molecule has 6 heteroatoms. The van der Waals surface area contributed by atoms with Crippen LogP contribution in [0.2, 0.25) is 0 Å². The Labute approximate surface area is 135 Å². The van der Waals surface area contributed by atoms with E-state index in [2.05, 4.69) is 5.32 Å². The Morgan fingerprint density at radius 2 is 2.05 bits per heavy atom. The van der Waals surface area contributed by atoms with Crippen LogP contribution in [0.3, 0.4) is 0 Å². The van der Waals surface area contributed by atoms with Crippen molar-refractivity contribution in [2.45, 2.75) is 36.6 Å². The lowest BCUT2D eigenvalue weighted by atomic mass is 9.96. The molecule has 0 spiro atoms. The second-order valence-corrected chi connectivity index (χ2v) is 6.66. The summed E-state index contributed by atoms with van der Waals surface area (Å²) in [6, 6.07) is 6.32. The predicted octanol–water partition coefficient (Wildman–Crippen LogP) is 2.97. The van der Waals surface area contributed by atoms with E-state index in [9.17, 15) is 9.18 Å². The van der Waals surface area contributed by atoms with E-state index >= 15 is 0 Å². The van der Waals surface area contributed by atoms with Crippen molar-refractivity contribution in [1.29, 1.82) is 0 Å². The molecular formula is C15H22ClFN2OS. The third-order valence-electron chi connectivity index (χ3n) is 3.74. The zero-order valence-electron chi connectivity index (χ0n) is 12.1. The van der Waals surface area contributed by atoms with Gasteiger partial charge in [0.2, 0.25) is 5.91 Å². The van der Waals surface area contributed by atoms with Crippen LogP contribution < -0.4 is 11.1 Å². The number of hydrogen-bond acceptors (Lipinski definition) is 3. The summed E-state index contributed by atoms with van der Waals surface area (Å²) in [7, 11) is 0. The number of carbonyl (C=O) groups excluding carboxylic acids is 1. The molecule has 21 heavy (non-hydrogen) atoms. The van der Waals surface area contributed by atoms with E-state index in [-0.39, 0.29) is 29.7 Å². The Balaban J connectivity index is 0.00000220. The summed E-state index contributed by atoms with van der Waals surface area (Å²) in [6.45, 7) is 2.50. The summed E-state index contributed by atoms with van der Waals surface area (Å²) in [5, 5.41) is 3.06. The summed E-state index contributed by atoms with van der Waals surface area (Å²) in [6.07, 6.45) is 2.75. The van der Waals surface area contributed by atoms with E-state index in [0.717, 1.165) is 17.7 Å². The van der Waals surface area contributed by atoms with Gasteiger partial charge in [0, 0.05) is 23.6 Å². The van der Waals surface area contributed by atoms with Crippen LogP contribution in [0, 0.1) is 11.7 Å². The lowest BCUT2D eigenvalue weighted by Gasteiger charge is -2.29. The number of halogens is 2. The minimum Gasteiger partial charge on any atom is -0.349 e. The number of nitrogens with one attached hydrogen (secondary N) is 1. The maximum Gasteiger partial charge on any atom is 0.221 e. The van der Waals surface area contributed by atoms with Crippen LogP contribution in [0.4, 0.5) is 4.39 Å². The van der Waals surface area contributed by atoms with Gasteiger partial charge in [-0.2, -0.15) is 0 Å². The van der Waals surface area contributed by atoms with Gasteiger partial charge in [-0.3, -0.25) is 4.79 Å². The van der Waals surface area contributed by atoms with E-state index < -0.39 is 0 Å². The van der Waals surface area contributed by atoms with Gasteiger partial charge in [0.05, 0.1) is 5.54 Å².